The molecule has 1 aliphatic heterocycles. The topological polar surface area (TPSA) is 55.4 Å². The first-order valence-electron chi connectivity index (χ1n) is 6.47. The third kappa shape index (κ3) is 4.34. The van der Waals surface area contributed by atoms with Gasteiger partial charge in [0.05, 0.1) is 12.2 Å². The lowest BCUT2D eigenvalue weighted by atomic mass is 9.98. The van der Waals surface area contributed by atoms with E-state index in [0.717, 1.165) is 5.56 Å². The SMILES string of the molecule is C[C@@H]1c2ccccc2O[C@@H]1CNS(=O)(=O)CCC(F)(F)F. The summed E-state index contributed by atoms with van der Waals surface area (Å²) >= 11 is 0. The van der Waals surface area contributed by atoms with Gasteiger partial charge >= 0.3 is 6.18 Å². The molecule has 1 aromatic rings. The van der Waals surface area contributed by atoms with E-state index in [2.05, 4.69) is 4.72 Å². The van der Waals surface area contributed by atoms with E-state index in [1.54, 1.807) is 12.1 Å². The van der Waals surface area contributed by atoms with Gasteiger partial charge in [-0.15, -0.1) is 0 Å². The van der Waals surface area contributed by atoms with E-state index in [-0.39, 0.29) is 12.5 Å². The average molecular weight is 323 g/mol. The Kier molecular flexibility index (Phi) is 4.48. The fourth-order valence-electron chi connectivity index (χ4n) is 2.18. The number of hydrogen-bond donors (Lipinski definition) is 1. The minimum absolute atomic E-state index is 0.0217. The summed E-state index contributed by atoms with van der Waals surface area (Å²) in [5, 5.41) is 0. The molecule has 0 saturated carbocycles. The minimum Gasteiger partial charge on any atom is -0.488 e. The van der Waals surface area contributed by atoms with Crippen LogP contribution in [0.5, 0.6) is 5.75 Å². The molecule has 0 unspecified atom stereocenters. The lowest BCUT2D eigenvalue weighted by molar-refractivity contribution is -0.129. The van der Waals surface area contributed by atoms with Crippen molar-refractivity contribution in [2.75, 3.05) is 12.3 Å². The summed E-state index contributed by atoms with van der Waals surface area (Å²) in [6.45, 7) is 1.84. The summed E-state index contributed by atoms with van der Waals surface area (Å²) in [6, 6.07) is 7.33. The molecule has 0 aromatic heterocycles. The van der Waals surface area contributed by atoms with E-state index in [1.807, 2.05) is 19.1 Å². The van der Waals surface area contributed by atoms with Crippen molar-refractivity contribution in [3.05, 3.63) is 29.8 Å². The maximum atomic E-state index is 12.1. The highest BCUT2D eigenvalue weighted by molar-refractivity contribution is 7.89. The Balaban J connectivity index is 1.90. The first kappa shape index (κ1) is 16.1. The third-order valence-electron chi connectivity index (χ3n) is 3.40. The largest absolute Gasteiger partial charge is 0.488 e. The van der Waals surface area contributed by atoms with Crippen molar-refractivity contribution in [1.29, 1.82) is 0 Å². The Hall–Kier alpha value is -1.28. The number of alkyl halides is 3. The molecule has 0 saturated heterocycles. The van der Waals surface area contributed by atoms with Gasteiger partial charge in [-0.3, -0.25) is 0 Å². The Morgan fingerprint density at radius 1 is 1.29 bits per heavy atom. The quantitative estimate of drug-likeness (QED) is 0.905. The molecule has 118 valence electrons. The second-order valence-electron chi connectivity index (χ2n) is 5.02. The number of sulfonamides is 1. The summed E-state index contributed by atoms with van der Waals surface area (Å²) in [7, 11) is -3.96. The van der Waals surface area contributed by atoms with Gasteiger partial charge in [-0.05, 0) is 6.07 Å². The molecule has 0 radical (unpaired) electrons. The minimum atomic E-state index is -4.48. The zero-order chi connectivity index (χ0) is 15.7. The molecule has 2 atom stereocenters. The second-order valence-corrected chi connectivity index (χ2v) is 6.94. The fourth-order valence-corrected chi connectivity index (χ4v) is 3.24. The highest BCUT2D eigenvalue weighted by Gasteiger charge is 2.33. The zero-order valence-electron chi connectivity index (χ0n) is 11.4. The predicted octanol–water partition coefficient (Wildman–Crippen LogP) is 2.42. The summed E-state index contributed by atoms with van der Waals surface area (Å²) in [4.78, 5) is 0. The van der Waals surface area contributed by atoms with Crippen LogP contribution in [0.15, 0.2) is 24.3 Å². The van der Waals surface area contributed by atoms with Crippen LogP contribution < -0.4 is 9.46 Å². The van der Waals surface area contributed by atoms with Gasteiger partial charge in [0.25, 0.3) is 0 Å². The zero-order valence-corrected chi connectivity index (χ0v) is 12.2. The first-order valence-corrected chi connectivity index (χ1v) is 8.13. The molecule has 1 N–H and O–H groups in total. The van der Waals surface area contributed by atoms with Gasteiger partial charge in [-0.25, -0.2) is 13.1 Å². The number of hydrogen-bond acceptors (Lipinski definition) is 3. The summed E-state index contributed by atoms with van der Waals surface area (Å²) in [6.07, 6.45) is -6.26. The molecule has 0 spiro atoms. The van der Waals surface area contributed by atoms with E-state index in [0.29, 0.717) is 5.75 Å². The smallest absolute Gasteiger partial charge is 0.390 e. The monoisotopic (exact) mass is 323 g/mol. The van der Waals surface area contributed by atoms with Crippen LogP contribution in [0, 0.1) is 0 Å². The van der Waals surface area contributed by atoms with E-state index in [4.69, 9.17) is 4.74 Å². The van der Waals surface area contributed by atoms with Crippen LogP contribution in [0.2, 0.25) is 0 Å². The number of fused-ring (bicyclic) bond motifs is 1. The van der Waals surface area contributed by atoms with Gasteiger partial charge in [-0.2, -0.15) is 13.2 Å². The van der Waals surface area contributed by atoms with Crippen molar-refractivity contribution in [2.24, 2.45) is 0 Å². The Morgan fingerprint density at radius 3 is 2.57 bits per heavy atom. The molecule has 21 heavy (non-hydrogen) atoms. The van der Waals surface area contributed by atoms with Crippen LogP contribution in [-0.2, 0) is 10.0 Å². The number of benzene rings is 1. The molecule has 8 heteroatoms. The van der Waals surface area contributed by atoms with Crippen molar-refractivity contribution < 1.29 is 26.3 Å². The van der Waals surface area contributed by atoms with Crippen LogP contribution in [0.4, 0.5) is 13.2 Å². The van der Waals surface area contributed by atoms with Crippen LogP contribution in [0.1, 0.15) is 24.8 Å². The molecule has 0 bridgehead atoms. The standard InChI is InChI=1S/C13H16F3NO3S/c1-9-10-4-2-3-5-11(10)20-12(9)8-17-21(18,19)7-6-13(14,15)16/h2-5,9,12,17H,6-8H2,1H3/t9-,12-/m1/s1. The lowest BCUT2D eigenvalue weighted by Gasteiger charge is -2.16. The molecular weight excluding hydrogens is 307 g/mol. The number of nitrogens with one attached hydrogen (secondary N) is 1. The molecular formula is C13H16F3NO3S. The van der Waals surface area contributed by atoms with E-state index in [9.17, 15) is 21.6 Å². The van der Waals surface area contributed by atoms with Crippen LogP contribution in [-0.4, -0.2) is 33.0 Å². The molecule has 0 fully saturated rings. The van der Waals surface area contributed by atoms with E-state index >= 15 is 0 Å². The van der Waals surface area contributed by atoms with Crippen molar-refractivity contribution in [1.82, 2.24) is 4.72 Å². The van der Waals surface area contributed by atoms with Gasteiger partial charge in [0.2, 0.25) is 10.0 Å². The van der Waals surface area contributed by atoms with Crippen LogP contribution in [0.3, 0.4) is 0 Å². The van der Waals surface area contributed by atoms with Gasteiger partial charge in [0.15, 0.2) is 0 Å². The highest BCUT2D eigenvalue weighted by atomic mass is 32.2. The maximum absolute atomic E-state index is 12.1. The van der Waals surface area contributed by atoms with Crippen molar-refractivity contribution >= 4 is 10.0 Å². The molecule has 1 heterocycles. The van der Waals surface area contributed by atoms with E-state index < -0.39 is 34.5 Å². The molecule has 0 aliphatic carbocycles. The molecule has 1 aromatic carbocycles. The van der Waals surface area contributed by atoms with Gasteiger partial charge < -0.3 is 4.74 Å². The van der Waals surface area contributed by atoms with Crippen LogP contribution in [0.25, 0.3) is 0 Å². The maximum Gasteiger partial charge on any atom is 0.390 e. The number of rotatable bonds is 5. The van der Waals surface area contributed by atoms with Crippen LogP contribution >= 0.6 is 0 Å². The van der Waals surface area contributed by atoms with Gasteiger partial charge in [-0.1, -0.05) is 25.1 Å². The Bertz CT molecular complexity index is 601. The molecule has 4 nitrogen and oxygen atoms in total. The van der Waals surface area contributed by atoms with Crippen molar-refractivity contribution in [3.63, 3.8) is 0 Å². The summed E-state index contributed by atoms with van der Waals surface area (Å²) in [5.74, 6) is -0.305. The predicted molar refractivity (Wildman–Crippen MR) is 71.7 cm³/mol. The Morgan fingerprint density at radius 2 is 1.95 bits per heavy atom. The number of halogens is 3. The third-order valence-corrected chi connectivity index (χ3v) is 4.75. The van der Waals surface area contributed by atoms with Crippen molar-refractivity contribution in [2.45, 2.75) is 31.5 Å². The Labute approximate surface area is 121 Å². The molecule has 1 aliphatic rings. The second kappa shape index (κ2) is 5.84. The average Bonchev–Trinajstić information content (AvgIpc) is 2.71. The summed E-state index contributed by atoms with van der Waals surface area (Å²) < 4.78 is 67.0. The first-order chi connectivity index (χ1) is 9.68. The molecule has 0 amide bonds. The highest BCUT2D eigenvalue weighted by Crippen LogP contribution is 2.37. The lowest BCUT2D eigenvalue weighted by Crippen LogP contribution is -2.37. The van der Waals surface area contributed by atoms with E-state index in [1.165, 1.54) is 0 Å². The molecule has 2 rings (SSSR count). The summed E-state index contributed by atoms with van der Waals surface area (Å²) in [5.41, 5.74) is 0.969. The number of ether oxygens (including phenoxy) is 1. The van der Waals surface area contributed by atoms with Crippen molar-refractivity contribution in [3.8, 4) is 5.75 Å². The number of para-hydroxylation sites is 1. The van der Waals surface area contributed by atoms with Gasteiger partial charge in [0, 0.05) is 18.0 Å². The van der Waals surface area contributed by atoms with Gasteiger partial charge in [0.1, 0.15) is 11.9 Å². The fraction of sp³-hybridized carbons (Fsp3) is 0.538. The normalized spacial score (nSPS) is 21.9.